The Balaban J connectivity index is 2.62. The van der Waals surface area contributed by atoms with Gasteiger partial charge in [-0.3, -0.25) is 0 Å². The molecule has 1 aliphatic rings. The van der Waals surface area contributed by atoms with Crippen molar-refractivity contribution in [2.75, 3.05) is 6.61 Å². The highest BCUT2D eigenvalue weighted by atomic mass is 16.5. The number of nitrogens with zero attached hydrogens (tertiary/aromatic N) is 1. The Bertz CT molecular complexity index is 655. The lowest BCUT2D eigenvalue weighted by molar-refractivity contribution is 0.0436. The molecule has 134 valence electrons. The molecular formula is C20H31NO3. The van der Waals surface area contributed by atoms with Crippen LogP contribution in [0.25, 0.3) is 0 Å². The minimum Gasteiger partial charge on any atom is -0.507 e. The third-order valence-electron chi connectivity index (χ3n) is 4.48. The Kier molecular flexibility index (Phi) is 4.51. The fraction of sp³-hybridized carbons (Fsp3) is 0.650. The first kappa shape index (κ1) is 18.8. The first-order valence-corrected chi connectivity index (χ1v) is 8.52. The molecule has 0 fully saturated rings. The van der Waals surface area contributed by atoms with Crippen LogP contribution in [0, 0.1) is 0 Å². The molecule has 0 aliphatic carbocycles. The summed E-state index contributed by atoms with van der Waals surface area (Å²) >= 11 is 0. The molecule has 4 heteroatoms. The van der Waals surface area contributed by atoms with Crippen molar-refractivity contribution in [3.8, 4) is 5.75 Å². The zero-order valence-electron chi connectivity index (χ0n) is 16.2. The van der Waals surface area contributed by atoms with Crippen LogP contribution in [-0.4, -0.2) is 34.4 Å². The number of hydrogen-bond acceptors (Lipinski definition) is 4. The van der Waals surface area contributed by atoms with Crippen molar-refractivity contribution in [3.05, 3.63) is 28.8 Å². The summed E-state index contributed by atoms with van der Waals surface area (Å²) in [6.07, 6.45) is 0. The Hall–Kier alpha value is -1.55. The van der Waals surface area contributed by atoms with Crippen molar-refractivity contribution >= 4 is 5.90 Å². The van der Waals surface area contributed by atoms with E-state index in [1.165, 1.54) is 0 Å². The van der Waals surface area contributed by atoms with E-state index < -0.39 is 5.60 Å². The quantitative estimate of drug-likeness (QED) is 0.863. The molecular weight excluding hydrogens is 302 g/mol. The summed E-state index contributed by atoms with van der Waals surface area (Å²) in [5.41, 5.74) is 1.40. The molecule has 0 spiro atoms. The van der Waals surface area contributed by atoms with E-state index in [-0.39, 0.29) is 22.6 Å². The molecule has 1 heterocycles. The normalized spacial score (nSPS) is 19.2. The zero-order chi connectivity index (χ0) is 18.5. The van der Waals surface area contributed by atoms with Crippen molar-refractivity contribution in [1.82, 2.24) is 0 Å². The van der Waals surface area contributed by atoms with Gasteiger partial charge >= 0.3 is 0 Å². The van der Waals surface area contributed by atoms with Gasteiger partial charge in [0.2, 0.25) is 5.90 Å². The Morgan fingerprint density at radius 1 is 1.00 bits per heavy atom. The number of phenolic OH excluding ortho intramolecular Hbond substituents is 1. The van der Waals surface area contributed by atoms with Gasteiger partial charge in [-0.25, -0.2) is 4.99 Å². The van der Waals surface area contributed by atoms with Crippen LogP contribution in [0.3, 0.4) is 0 Å². The van der Waals surface area contributed by atoms with Crippen molar-refractivity contribution in [3.63, 3.8) is 0 Å². The molecule has 2 N–H and O–H groups in total. The second kappa shape index (κ2) is 5.76. The average molecular weight is 333 g/mol. The first-order valence-electron chi connectivity index (χ1n) is 8.52. The Morgan fingerprint density at radius 3 is 2.00 bits per heavy atom. The van der Waals surface area contributed by atoms with Crippen LogP contribution in [0.5, 0.6) is 5.75 Å². The number of aromatic hydroxyl groups is 1. The van der Waals surface area contributed by atoms with Crippen molar-refractivity contribution in [1.29, 1.82) is 0 Å². The van der Waals surface area contributed by atoms with Gasteiger partial charge in [-0.2, -0.15) is 0 Å². The molecule has 4 nitrogen and oxygen atoms in total. The molecule has 0 bridgehead atoms. The van der Waals surface area contributed by atoms with Gasteiger partial charge in [0, 0.05) is 5.56 Å². The molecule has 0 saturated heterocycles. The van der Waals surface area contributed by atoms with Gasteiger partial charge in [-0.05, 0) is 36.3 Å². The number of ether oxygens (including phenoxy) is 1. The first-order chi connectivity index (χ1) is 10.7. The van der Waals surface area contributed by atoms with Gasteiger partial charge in [0.1, 0.15) is 18.4 Å². The maximum Gasteiger partial charge on any atom is 0.220 e. The summed E-state index contributed by atoms with van der Waals surface area (Å²) in [6.45, 7) is 16.4. The van der Waals surface area contributed by atoms with Crippen molar-refractivity contribution in [2.24, 2.45) is 4.99 Å². The van der Waals surface area contributed by atoms with Crippen molar-refractivity contribution in [2.45, 2.75) is 77.9 Å². The van der Waals surface area contributed by atoms with E-state index in [9.17, 15) is 10.2 Å². The number of benzene rings is 1. The van der Waals surface area contributed by atoms with E-state index in [0.29, 0.717) is 18.1 Å². The summed E-state index contributed by atoms with van der Waals surface area (Å²) in [6, 6.07) is 3.70. The highest BCUT2D eigenvalue weighted by Crippen LogP contribution is 2.39. The molecule has 1 aliphatic heterocycles. The SMILES string of the molecule is CC(C)(C)c1cc(C2=N[C@H](C(C)(C)O)CO2)c(O)c(C(C)(C)C)c1. The third kappa shape index (κ3) is 3.75. The topological polar surface area (TPSA) is 62.1 Å². The fourth-order valence-electron chi connectivity index (χ4n) is 2.69. The lowest BCUT2D eigenvalue weighted by atomic mass is 9.79. The lowest BCUT2D eigenvalue weighted by Crippen LogP contribution is -2.35. The maximum atomic E-state index is 10.8. The Morgan fingerprint density at radius 2 is 1.58 bits per heavy atom. The van der Waals surface area contributed by atoms with Crippen LogP contribution < -0.4 is 0 Å². The molecule has 1 aromatic carbocycles. The molecule has 24 heavy (non-hydrogen) atoms. The fourth-order valence-corrected chi connectivity index (χ4v) is 2.69. The number of aliphatic hydroxyl groups is 1. The van der Waals surface area contributed by atoms with Gasteiger partial charge < -0.3 is 14.9 Å². The van der Waals surface area contributed by atoms with Gasteiger partial charge in [-0.15, -0.1) is 0 Å². The predicted molar refractivity (Wildman–Crippen MR) is 98.1 cm³/mol. The highest BCUT2D eigenvalue weighted by molar-refractivity contribution is 5.98. The van der Waals surface area contributed by atoms with Gasteiger partial charge in [-0.1, -0.05) is 47.6 Å². The summed E-state index contributed by atoms with van der Waals surface area (Å²) in [5, 5.41) is 21.0. The second-order valence-electron chi connectivity index (χ2n) is 9.33. The van der Waals surface area contributed by atoms with Crippen LogP contribution in [0.4, 0.5) is 0 Å². The summed E-state index contributed by atoms with van der Waals surface area (Å²) in [5.74, 6) is 0.627. The standard InChI is InChI=1S/C20H31NO3/c1-18(2,3)12-9-13(16(22)14(10-12)19(4,5)6)17-21-15(11-24-17)20(7,8)23/h9-10,15,22-23H,11H2,1-8H3/t15-/m0/s1. The smallest absolute Gasteiger partial charge is 0.220 e. The number of aliphatic imine (C=N–C) groups is 1. The molecule has 0 radical (unpaired) electrons. The molecule has 0 saturated carbocycles. The Labute approximate surface area is 145 Å². The van der Waals surface area contributed by atoms with E-state index in [4.69, 9.17) is 4.74 Å². The van der Waals surface area contributed by atoms with Crippen LogP contribution >= 0.6 is 0 Å². The van der Waals surface area contributed by atoms with Crippen LogP contribution in [-0.2, 0) is 15.6 Å². The third-order valence-corrected chi connectivity index (χ3v) is 4.48. The predicted octanol–water partition coefficient (Wildman–Crippen LogP) is 3.90. The molecule has 1 atom stereocenters. The molecule has 0 amide bonds. The van der Waals surface area contributed by atoms with Crippen LogP contribution in [0.2, 0.25) is 0 Å². The van der Waals surface area contributed by atoms with Gasteiger partial charge in [0.05, 0.1) is 11.2 Å². The van der Waals surface area contributed by atoms with E-state index in [1.54, 1.807) is 13.8 Å². The largest absolute Gasteiger partial charge is 0.507 e. The summed E-state index contributed by atoms with van der Waals surface area (Å²) < 4.78 is 5.72. The van der Waals surface area contributed by atoms with E-state index in [1.807, 2.05) is 6.07 Å². The molecule has 0 unspecified atom stereocenters. The van der Waals surface area contributed by atoms with Gasteiger partial charge in [0.25, 0.3) is 0 Å². The van der Waals surface area contributed by atoms with Crippen LogP contribution in [0.15, 0.2) is 17.1 Å². The molecule has 2 rings (SSSR count). The van der Waals surface area contributed by atoms with Crippen LogP contribution in [0.1, 0.15) is 72.1 Å². The second-order valence-corrected chi connectivity index (χ2v) is 9.33. The molecule has 0 aromatic heterocycles. The summed E-state index contributed by atoms with van der Waals surface area (Å²) in [7, 11) is 0. The minimum atomic E-state index is -0.953. The number of rotatable bonds is 2. The number of hydrogen-bond donors (Lipinski definition) is 2. The van der Waals surface area contributed by atoms with E-state index >= 15 is 0 Å². The number of phenols is 1. The average Bonchev–Trinajstić information content (AvgIpc) is 2.85. The van der Waals surface area contributed by atoms with Crippen molar-refractivity contribution < 1.29 is 14.9 Å². The zero-order valence-corrected chi connectivity index (χ0v) is 16.2. The highest BCUT2D eigenvalue weighted by Gasteiger charge is 2.35. The monoisotopic (exact) mass is 333 g/mol. The minimum absolute atomic E-state index is 0.0583. The van der Waals surface area contributed by atoms with E-state index in [0.717, 1.165) is 11.1 Å². The molecule has 1 aromatic rings. The van der Waals surface area contributed by atoms with Gasteiger partial charge in [0.15, 0.2) is 0 Å². The summed E-state index contributed by atoms with van der Waals surface area (Å²) in [4.78, 5) is 4.52. The lowest BCUT2D eigenvalue weighted by Gasteiger charge is -2.27. The maximum absolute atomic E-state index is 10.8. The van der Waals surface area contributed by atoms with E-state index in [2.05, 4.69) is 52.6 Å².